The standard InChI is InChI=1S/C26H26ClN3O4S/c1-25(2,3)16-8-10-18(11-9-16)35(33,34)29-20-13-12-19(27)21-22(20)24(32)30(23(21)31)26(4,5)17-7-6-14-28-15-17/h6-15,29H,1-5H3. The van der Waals surface area contributed by atoms with Crippen molar-refractivity contribution in [3.63, 3.8) is 0 Å². The smallest absolute Gasteiger partial charge is 0.264 e. The molecule has 0 saturated carbocycles. The van der Waals surface area contributed by atoms with E-state index in [9.17, 15) is 18.0 Å². The lowest BCUT2D eigenvalue weighted by atomic mass is 9.87. The largest absolute Gasteiger partial charge is 0.279 e. The third-order valence-electron chi connectivity index (χ3n) is 6.19. The number of nitrogens with one attached hydrogen (secondary N) is 1. The van der Waals surface area contributed by atoms with Gasteiger partial charge < -0.3 is 0 Å². The molecule has 0 spiro atoms. The van der Waals surface area contributed by atoms with Gasteiger partial charge in [-0.1, -0.05) is 50.6 Å². The van der Waals surface area contributed by atoms with Crippen LogP contribution in [0.25, 0.3) is 0 Å². The van der Waals surface area contributed by atoms with E-state index in [0.29, 0.717) is 5.56 Å². The van der Waals surface area contributed by atoms with Gasteiger partial charge in [-0.3, -0.25) is 24.2 Å². The molecule has 4 rings (SSSR count). The van der Waals surface area contributed by atoms with Crippen molar-refractivity contribution in [2.45, 2.75) is 50.5 Å². The summed E-state index contributed by atoms with van der Waals surface area (Å²) in [7, 11) is -4.04. The number of hydrogen-bond acceptors (Lipinski definition) is 5. The Morgan fingerprint density at radius 2 is 1.49 bits per heavy atom. The van der Waals surface area contributed by atoms with Crippen LogP contribution in [0.4, 0.5) is 5.69 Å². The summed E-state index contributed by atoms with van der Waals surface area (Å²) < 4.78 is 28.8. The summed E-state index contributed by atoms with van der Waals surface area (Å²) >= 11 is 6.32. The SMILES string of the molecule is CC(C)(C)c1ccc(S(=O)(=O)Nc2ccc(Cl)c3c2C(=O)N(C(C)(C)c2cccnc2)C3=O)cc1. The first-order valence-electron chi connectivity index (χ1n) is 11.0. The Kier molecular flexibility index (Phi) is 6.02. The molecule has 1 N–H and O–H groups in total. The molecule has 2 amide bonds. The average Bonchev–Trinajstić information content (AvgIpc) is 3.07. The van der Waals surface area contributed by atoms with Gasteiger partial charge in [-0.05, 0) is 60.7 Å². The number of imide groups is 1. The highest BCUT2D eigenvalue weighted by molar-refractivity contribution is 7.92. The number of pyridine rings is 1. The lowest BCUT2D eigenvalue weighted by Crippen LogP contribution is -2.45. The van der Waals surface area contributed by atoms with E-state index in [-0.39, 0.29) is 32.1 Å². The van der Waals surface area contributed by atoms with Gasteiger partial charge in [-0.2, -0.15) is 0 Å². The van der Waals surface area contributed by atoms with Crippen LogP contribution in [0.3, 0.4) is 0 Å². The number of nitrogens with zero attached hydrogens (tertiary/aromatic N) is 2. The molecule has 0 atom stereocenters. The second-order valence-corrected chi connectivity index (χ2v) is 12.1. The van der Waals surface area contributed by atoms with E-state index in [0.717, 1.165) is 10.5 Å². The van der Waals surface area contributed by atoms with Crippen LogP contribution in [0.5, 0.6) is 0 Å². The Balaban J connectivity index is 1.74. The second kappa shape index (κ2) is 8.46. The van der Waals surface area contributed by atoms with Crippen molar-refractivity contribution in [1.29, 1.82) is 0 Å². The van der Waals surface area contributed by atoms with E-state index >= 15 is 0 Å². The number of amides is 2. The highest BCUT2D eigenvalue weighted by atomic mass is 35.5. The maximum Gasteiger partial charge on any atom is 0.264 e. The molecule has 0 aliphatic carbocycles. The predicted octanol–water partition coefficient (Wildman–Crippen LogP) is 5.36. The van der Waals surface area contributed by atoms with Crippen LogP contribution in [-0.4, -0.2) is 30.1 Å². The predicted molar refractivity (Wildman–Crippen MR) is 135 cm³/mol. The molecule has 0 bridgehead atoms. The number of benzene rings is 2. The molecule has 35 heavy (non-hydrogen) atoms. The highest BCUT2D eigenvalue weighted by Crippen LogP contribution is 2.41. The first-order chi connectivity index (χ1) is 16.2. The lowest BCUT2D eigenvalue weighted by molar-refractivity contribution is 0.0475. The van der Waals surface area contributed by atoms with Crippen LogP contribution in [-0.2, 0) is 21.0 Å². The Hall–Kier alpha value is -3.23. The van der Waals surface area contributed by atoms with Crippen molar-refractivity contribution in [2.24, 2.45) is 0 Å². The number of carbonyl (C=O) groups is 2. The van der Waals surface area contributed by atoms with Gasteiger partial charge in [0.1, 0.15) is 0 Å². The zero-order valence-electron chi connectivity index (χ0n) is 20.1. The topological polar surface area (TPSA) is 96.4 Å². The number of carbonyl (C=O) groups excluding carboxylic acids is 2. The van der Waals surface area contributed by atoms with Gasteiger partial charge in [0.05, 0.1) is 32.3 Å². The van der Waals surface area contributed by atoms with Crippen molar-refractivity contribution in [3.8, 4) is 0 Å². The van der Waals surface area contributed by atoms with Crippen LogP contribution in [0.1, 0.15) is 66.5 Å². The van der Waals surface area contributed by atoms with Gasteiger partial charge in [-0.25, -0.2) is 8.42 Å². The highest BCUT2D eigenvalue weighted by Gasteiger charge is 2.47. The van der Waals surface area contributed by atoms with Gasteiger partial charge in [0.2, 0.25) is 0 Å². The monoisotopic (exact) mass is 511 g/mol. The van der Waals surface area contributed by atoms with Crippen LogP contribution in [0, 0.1) is 0 Å². The Morgan fingerprint density at radius 1 is 0.857 bits per heavy atom. The Bertz CT molecular complexity index is 1430. The van der Waals surface area contributed by atoms with Crippen molar-refractivity contribution in [1.82, 2.24) is 9.88 Å². The molecule has 182 valence electrons. The molecular formula is C26H26ClN3O4S. The molecule has 2 heterocycles. The molecule has 0 saturated heterocycles. The van der Waals surface area contributed by atoms with E-state index in [4.69, 9.17) is 11.6 Å². The minimum atomic E-state index is -4.04. The van der Waals surface area contributed by atoms with E-state index < -0.39 is 27.4 Å². The quantitative estimate of drug-likeness (QED) is 0.465. The summed E-state index contributed by atoms with van der Waals surface area (Å²) in [4.78, 5) is 32.2. The fourth-order valence-corrected chi connectivity index (χ4v) is 5.42. The summed E-state index contributed by atoms with van der Waals surface area (Å²) in [5.74, 6) is -1.23. The molecule has 1 aliphatic heterocycles. The zero-order valence-corrected chi connectivity index (χ0v) is 21.7. The number of rotatable bonds is 5. The van der Waals surface area contributed by atoms with Crippen molar-refractivity contribution < 1.29 is 18.0 Å². The van der Waals surface area contributed by atoms with E-state index in [1.807, 2.05) is 20.8 Å². The van der Waals surface area contributed by atoms with Crippen LogP contribution >= 0.6 is 11.6 Å². The van der Waals surface area contributed by atoms with Gasteiger partial charge in [0, 0.05) is 12.4 Å². The summed E-state index contributed by atoms with van der Waals surface area (Å²) in [5.41, 5.74) is 0.330. The maximum absolute atomic E-state index is 13.6. The zero-order chi connectivity index (χ0) is 25.8. The van der Waals surface area contributed by atoms with E-state index in [1.165, 1.54) is 24.3 Å². The van der Waals surface area contributed by atoms with Crippen LogP contribution in [0.15, 0.2) is 65.8 Å². The Morgan fingerprint density at radius 3 is 2.06 bits per heavy atom. The van der Waals surface area contributed by atoms with Gasteiger partial charge >= 0.3 is 0 Å². The molecule has 1 aliphatic rings. The third kappa shape index (κ3) is 4.32. The summed E-state index contributed by atoms with van der Waals surface area (Å²) in [6, 6.07) is 12.8. The van der Waals surface area contributed by atoms with Crippen molar-refractivity contribution in [3.05, 3.63) is 88.2 Å². The molecule has 0 unspecified atom stereocenters. The minimum Gasteiger partial charge on any atom is -0.279 e. The average molecular weight is 512 g/mol. The van der Waals surface area contributed by atoms with Crippen molar-refractivity contribution >= 4 is 39.1 Å². The first kappa shape index (κ1) is 24.9. The second-order valence-electron chi connectivity index (χ2n) is 9.97. The number of hydrogen-bond donors (Lipinski definition) is 1. The van der Waals surface area contributed by atoms with Crippen molar-refractivity contribution in [2.75, 3.05) is 4.72 Å². The van der Waals surface area contributed by atoms with E-state index in [2.05, 4.69) is 9.71 Å². The lowest BCUT2D eigenvalue weighted by Gasteiger charge is -2.34. The minimum absolute atomic E-state index is 0.00728. The van der Waals surface area contributed by atoms with E-state index in [1.54, 1.807) is 50.5 Å². The van der Waals surface area contributed by atoms with Crippen LogP contribution < -0.4 is 4.72 Å². The third-order valence-corrected chi connectivity index (χ3v) is 7.89. The summed E-state index contributed by atoms with van der Waals surface area (Å²) in [6.07, 6.45) is 3.18. The summed E-state index contributed by atoms with van der Waals surface area (Å²) in [6.45, 7) is 9.55. The molecular weight excluding hydrogens is 486 g/mol. The molecule has 9 heteroatoms. The molecule has 7 nitrogen and oxygen atoms in total. The number of anilines is 1. The number of fused-ring (bicyclic) bond motifs is 1. The molecule has 1 aromatic heterocycles. The van der Waals surface area contributed by atoms with Gasteiger partial charge in [0.25, 0.3) is 21.8 Å². The van der Waals surface area contributed by atoms with Gasteiger partial charge in [0.15, 0.2) is 0 Å². The number of halogens is 1. The molecule has 0 radical (unpaired) electrons. The molecule has 2 aromatic carbocycles. The maximum atomic E-state index is 13.6. The fraction of sp³-hybridized carbons (Fsp3) is 0.269. The summed E-state index contributed by atoms with van der Waals surface area (Å²) in [5, 5.41) is 0.0697. The molecule has 3 aromatic rings. The fourth-order valence-electron chi connectivity index (χ4n) is 4.11. The molecule has 0 fully saturated rings. The van der Waals surface area contributed by atoms with Gasteiger partial charge in [-0.15, -0.1) is 0 Å². The number of sulfonamides is 1. The normalized spacial score (nSPS) is 14.3. The Labute approximate surface area is 210 Å². The first-order valence-corrected chi connectivity index (χ1v) is 12.9. The van der Waals surface area contributed by atoms with Crippen LogP contribution in [0.2, 0.25) is 5.02 Å². The number of aromatic nitrogens is 1.